The van der Waals surface area contributed by atoms with E-state index < -0.39 is 29.9 Å². The molecule has 0 radical (unpaired) electrons. The number of ether oxygens (including phenoxy) is 2. The maximum absolute atomic E-state index is 12.9. The van der Waals surface area contributed by atoms with Crippen molar-refractivity contribution in [3.8, 4) is 11.5 Å². The average Bonchev–Trinajstić information content (AvgIpc) is 2.92. The quantitative estimate of drug-likeness (QED) is 0.730. The van der Waals surface area contributed by atoms with Gasteiger partial charge in [0.25, 0.3) is 5.91 Å². The largest absolute Gasteiger partial charge is 0.497 e. The summed E-state index contributed by atoms with van der Waals surface area (Å²) in [5.41, 5.74) is 0.884. The molecule has 0 bridgehead atoms. The molecule has 0 aromatic heterocycles. The van der Waals surface area contributed by atoms with E-state index in [1.165, 1.54) is 14.2 Å². The van der Waals surface area contributed by atoms with Crippen molar-refractivity contribution in [1.29, 1.82) is 0 Å². The molecule has 0 aliphatic carbocycles. The SMILES string of the molecule is COc1ccc(NC(=O)CN2C(=O)N[C@@](C)(c3ccc(C)cc3)C2=O)c(OC)c1. The monoisotopic (exact) mass is 397 g/mol. The van der Waals surface area contributed by atoms with Crippen molar-refractivity contribution in [2.24, 2.45) is 0 Å². The van der Waals surface area contributed by atoms with Crippen LogP contribution in [0.15, 0.2) is 42.5 Å². The summed E-state index contributed by atoms with van der Waals surface area (Å²) in [5, 5.41) is 5.35. The summed E-state index contributed by atoms with van der Waals surface area (Å²) >= 11 is 0. The molecule has 1 atom stereocenters. The van der Waals surface area contributed by atoms with Crippen molar-refractivity contribution >= 4 is 23.5 Å². The maximum Gasteiger partial charge on any atom is 0.325 e. The molecule has 1 aliphatic heterocycles. The number of anilines is 1. The Labute approximate surface area is 168 Å². The van der Waals surface area contributed by atoms with Crippen LogP contribution in [0, 0.1) is 6.92 Å². The zero-order valence-corrected chi connectivity index (χ0v) is 16.7. The van der Waals surface area contributed by atoms with Crippen LogP contribution in [0.4, 0.5) is 10.5 Å². The summed E-state index contributed by atoms with van der Waals surface area (Å²) < 4.78 is 10.4. The first-order valence-electron chi connectivity index (χ1n) is 9.01. The summed E-state index contributed by atoms with van der Waals surface area (Å²) in [7, 11) is 2.99. The van der Waals surface area contributed by atoms with Crippen LogP contribution in [-0.2, 0) is 15.1 Å². The Morgan fingerprint density at radius 3 is 2.41 bits per heavy atom. The fourth-order valence-corrected chi connectivity index (χ4v) is 3.16. The molecule has 8 heteroatoms. The van der Waals surface area contributed by atoms with E-state index in [4.69, 9.17) is 9.47 Å². The zero-order valence-electron chi connectivity index (χ0n) is 16.7. The lowest BCUT2D eigenvalue weighted by molar-refractivity contribution is -0.133. The fraction of sp³-hybridized carbons (Fsp3) is 0.286. The van der Waals surface area contributed by atoms with Crippen LogP contribution in [0.3, 0.4) is 0 Å². The number of hydrogen-bond acceptors (Lipinski definition) is 5. The highest BCUT2D eigenvalue weighted by molar-refractivity contribution is 6.10. The van der Waals surface area contributed by atoms with Crippen LogP contribution in [0.5, 0.6) is 11.5 Å². The van der Waals surface area contributed by atoms with E-state index in [0.29, 0.717) is 22.7 Å². The van der Waals surface area contributed by atoms with Gasteiger partial charge in [0.1, 0.15) is 23.6 Å². The number of carbonyl (C=O) groups excluding carboxylic acids is 3. The zero-order chi connectivity index (χ0) is 21.2. The van der Waals surface area contributed by atoms with Gasteiger partial charge in [0.15, 0.2) is 0 Å². The Morgan fingerprint density at radius 1 is 1.10 bits per heavy atom. The minimum Gasteiger partial charge on any atom is -0.497 e. The van der Waals surface area contributed by atoms with Crippen LogP contribution in [0.1, 0.15) is 18.1 Å². The number of imide groups is 1. The first kappa shape index (κ1) is 20.2. The molecule has 2 N–H and O–H groups in total. The normalized spacial score (nSPS) is 18.4. The van der Waals surface area contributed by atoms with Gasteiger partial charge in [-0.25, -0.2) is 4.79 Å². The maximum atomic E-state index is 12.9. The number of methoxy groups -OCH3 is 2. The van der Waals surface area contributed by atoms with Crippen molar-refractivity contribution in [3.05, 3.63) is 53.6 Å². The van der Waals surface area contributed by atoms with E-state index in [-0.39, 0.29) is 0 Å². The third kappa shape index (κ3) is 3.87. The summed E-state index contributed by atoms with van der Waals surface area (Å²) in [6.07, 6.45) is 0. The van der Waals surface area contributed by atoms with Gasteiger partial charge in [0.2, 0.25) is 5.91 Å². The first-order valence-corrected chi connectivity index (χ1v) is 9.01. The summed E-state index contributed by atoms with van der Waals surface area (Å²) in [6, 6.07) is 11.6. The van der Waals surface area contributed by atoms with E-state index in [1.54, 1.807) is 37.3 Å². The van der Waals surface area contributed by atoms with Crippen LogP contribution in [0.2, 0.25) is 0 Å². The van der Waals surface area contributed by atoms with E-state index in [2.05, 4.69) is 10.6 Å². The van der Waals surface area contributed by atoms with E-state index in [9.17, 15) is 14.4 Å². The van der Waals surface area contributed by atoms with Gasteiger partial charge < -0.3 is 20.1 Å². The average molecular weight is 397 g/mol. The first-order chi connectivity index (χ1) is 13.8. The molecular weight excluding hydrogens is 374 g/mol. The Kier molecular flexibility index (Phi) is 5.45. The number of benzene rings is 2. The minimum atomic E-state index is -1.22. The van der Waals surface area contributed by atoms with E-state index in [1.807, 2.05) is 19.1 Å². The Hall–Kier alpha value is -3.55. The van der Waals surface area contributed by atoms with Gasteiger partial charge in [-0.15, -0.1) is 0 Å². The third-order valence-corrected chi connectivity index (χ3v) is 4.89. The van der Waals surface area contributed by atoms with Gasteiger partial charge in [-0.05, 0) is 31.5 Å². The van der Waals surface area contributed by atoms with Crippen LogP contribution >= 0.6 is 0 Å². The molecule has 0 spiro atoms. The molecule has 0 saturated carbocycles. The molecule has 2 aromatic rings. The standard InChI is InChI=1S/C21H23N3O5/c1-13-5-7-14(8-6-13)21(2)19(26)24(20(27)23-21)12-18(25)22-16-10-9-15(28-3)11-17(16)29-4/h5-11H,12H2,1-4H3,(H,22,25)(H,23,27)/t21-/m0/s1. The topological polar surface area (TPSA) is 97.0 Å². The van der Waals surface area contributed by atoms with Gasteiger partial charge in [-0.1, -0.05) is 29.8 Å². The fourth-order valence-electron chi connectivity index (χ4n) is 3.16. The Bertz CT molecular complexity index is 957. The molecule has 1 aliphatic rings. The molecule has 4 amide bonds. The number of nitrogens with zero attached hydrogens (tertiary/aromatic N) is 1. The van der Waals surface area contributed by atoms with Crippen molar-refractivity contribution < 1.29 is 23.9 Å². The van der Waals surface area contributed by atoms with Gasteiger partial charge in [-0.2, -0.15) is 0 Å². The molecule has 1 saturated heterocycles. The highest BCUT2D eigenvalue weighted by Crippen LogP contribution is 2.30. The second kappa shape index (κ2) is 7.83. The number of urea groups is 1. The van der Waals surface area contributed by atoms with Crippen LogP contribution in [-0.4, -0.2) is 43.5 Å². The van der Waals surface area contributed by atoms with Crippen LogP contribution in [0.25, 0.3) is 0 Å². The van der Waals surface area contributed by atoms with Gasteiger partial charge in [0.05, 0.1) is 19.9 Å². The molecule has 3 rings (SSSR count). The third-order valence-electron chi connectivity index (χ3n) is 4.89. The molecule has 1 heterocycles. The molecule has 29 heavy (non-hydrogen) atoms. The Morgan fingerprint density at radius 2 is 1.79 bits per heavy atom. The predicted molar refractivity (Wildman–Crippen MR) is 107 cm³/mol. The number of aryl methyl sites for hydroxylation is 1. The van der Waals surface area contributed by atoms with E-state index in [0.717, 1.165) is 10.5 Å². The van der Waals surface area contributed by atoms with Gasteiger partial charge >= 0.3 is 6.03 Å². The Balaban J connectivity index is 1.75. The predicted octanol–water partition coefficient (Wildman–Crippen LogP) is 2.42. The highest BCUT2D eigenvalue weighted by atomic mass is 16.5. The molecule has 1 fully saturated rings. The number of amides is 4. The second-order valence-electron chi connectivity index (χ2n) is 6.93. The summed E-state index contributed by atoms with van der Waals surface area (Å²) in [4.78, 5) is 38.8. The number of nitrogens with one attached hydrogen (secondary N) is 2. The lowest BCUT2D eigenvalue weighted by atomic mass is 9.91. The second-order valence-corrected chi connectivity index (χ2v) is 6.93. The molecular formula is C21H23N3O5. The molecule has 0 unspecified atom stereocenters. The smallest absolute Gasteiger partial charge is 0.325 e. The lowest BCUT2D eigenvalue weighted by Crippen LogP contribution is -2.42. The van der Waals surface area contributed by atoms with Crippen molar-refractivity contribution in [2.75, 3.05) is 26.1 Å². The number of carbonyl (C=O) groups is 3. The molecule has 2 aromatic carbocycles. The van der Waals surface area contributed by atoms with Gasteiger partial charge in [0, 0.05) is 6.07 Å². The molecule has 152 valence electrons. The highest BCUT2D eigenvalue weighted by Gasteiger charge is 2.49. The summed E-state index contributed by atoms with van der Waals surface area (Å²) in [6.45, 7) is 3.15. The molecule has 8 nitrogen and oxygen atoms in total. The van der Waals surface area contributed by atoms with Crippen molar-refractivity contribution in [1.82, 2.24) is 10.2 Å². The number of hydrogen-bond donors (Lipinski definition) is 2. The van der Waals surface area contributed by atoms with Crippen LogP contribution < -0.4 is 20.1 Å². The van der Waals surface area contributed by atoms with E-state index >= 15 is 0 Å². The van der Waals surface area contributed by atoms with Crippen molar-refractivity contribution in [2.45, 2.75) is 19.4 Å². The van der Waals surface area contributed by atoms with Gasteiger partial charge in [-0.3, -0.25) is 14.5 Å². The number of rotatable bonds is 6. The van der Waals surface area contributed by atoms with Crippen molar-refractivity contribution in [3.63, 3.8) is 0 Å². The minimum absolute atomic E-state index is 0.402. The summed E-state index contributed by atoms with van der Waals surface area (Å²) in [5.74, 6) is -0.0319. The lowest BCUT2D eigenvalue weighted by Gasteiger charge is -2.22.